The second-order valence-corrected chi connectivity index (χ2v) is 20.1. The summed E-state index contributed by atoms with van der Waals surface area (Å²) in [6, 6.07) is 22.7. The van der Waals surface area contributed by atoms with Crippen molar-refractivity contribution in [2.75, 3.05) is 39.6 Å². The van der Waals surface area contributed by atoms with Crippen LogP contribution in [0.4, 0.5) is 0 Å². The van der Waals surface area contributed by atoms with Gasteiger partial charge in [-0.3, -0.25) is 0 Å². The third kappa shape index (κ3) is 16.3. The molecule has 354 valence electrons. The zero-order valence-electron chi connectivity index (χ0n) is 37.3. The molecule has 0 amide bonds. The second kappa shape index (κ2) is 29.8. The molecule has 12 nitrogen and oxygen atoms in total. The van der Waals surface area contributed by atoms with Crippen molar-refractivity contribution < 1.29 is 44.8 Å². The van der Waals surface area contributed by atoms with E-state index in [0.717, 1.165) is 30.6 Å². The van der Waals surface area contributed by atoms with Gasteiger partial charge in [0.1, 0.15) is 15.0 Å². The van der Waals surface area contributed by atoms with Gasteiger partial charge in [-0.15, -0.1) is 107 Å². The standard InChI is InChI=1S/3C15H17NO3S3.2Al/c3*1-2-19-8-7-15(14(18)21,9-12(17)20)13-16-10-5-3-4-6-11(10)22-13;;/h3*3-6H,2,7-9H2,1H3,(H,17,20)(H,18,21);;/q;;;2*+3/p-6. The zero-order valence-corrected chi connectivity index (χ0v) is 46.9. The van der Waals surface area contributed by atoms with E-state index in [9.17, 15) is 30.6 Å². The molecule has 0 saturated carbocycles. The van der Waals surface area contributed by atoms with Gasteiger partial charge in [0, 0.05) is 55.9 Å². The van der Waals surface area contributed by atoms with Crippen LogP contribution in [0.1, 0.15) is 74.3 Å². The van der Waals surface area contributed by atoms with Gasteiger partial charge < -0.3 is 44.8 Å². The molecule has 68 heavy (non-hydrogen) atoms. The Hall–Kier alpha value is -2.39. The number of aromatic nitrogens is 3. The number of nitrogens with zero attached hydrogens (tertiary/aromatic N) is 3. The Morgan fingerprint density at radius 2 is 0.676 bits per heavy atom. The predicted octanol–water partition coefficient (Wildman–Crippen LogP) is 4.42. The summed E-state index contributed by atoms with van der Waals surface area (Å²) in [7, 11) is 0. The fourth-order valence-corrected chi connectivity index (χ4v) is 12.0. The van der Waals surface area contributed by atoms with Crippen molar-refractivity contribution in [1.29, 1.82) is 0 Å². The maximum Gasteiger partial charge on any atom is 3.00 e. The number of para-hydroxylation sites is 3. The molecule has 3 unspecified atom stereocenters. The van der Waals surface area contributed by atoms with Gasteiger partial charge in [0.15, 0.2) is 0 Å². The van der Waals surface area contributed by atoms with Gasteiger partial charge in [-0.2, -0.15) is 0 Å². The van der Waals surface area contributed by atoms with Crippen LogP contribution < -0.4 is 30.6 Å². The van der Waals surface area contributed by atoms with Crippen molar-refractivity contribution in [3.05, 3.63) is 87.8 Å². The van der Waals surface area contributed by atoms with Crippen molar-refractivity contribution in [1.82, 2.24) is 15.0 Å². The van der Waals surface area contributed by atoms with Crippen molar-refractivity contribution in [3.8, 4) is 0 Å². The van der Waals surface area contributed by atoms with Crippen molar-refractivity contribution in [3.63, 3.8) is 0 Å². The fraction of sp³-hybridized carbons (Fsp3) is 0.400. The van der Waals surface area contributed by atoms with E-state index in [1.54, 1.807) is 0 Å². The molecule has 0 radical (unpaired) electrons. The Labute approximate surface area is 461 Å². The van der Waals surface area contributed by atoms with Crippen LogP contribution in [0.5, 0.6) is 0 Å². The molecule has 0 bridgehead atoms. The minimum absolute atomic E-state index is 0. The average Bonchev–Trinajstić information content (AvgIpc) is 4.03. The van der Waals surface area contributed by atoms with E-state index in [1.165, 1.54) is 34.0 Å². The number of hydrogen-bond donors (Lipinski definition) is 0. The van der Waals surface area contributed by atoms with E-state index in [1.807, 2.05) is 93.6 Å². The molecule has 3 aromatic carbocycles. The number of fused-ring (bicyclic) bond motifs is 3. The zero-order chi connectivity index (χ0) is 48.5. The third-order valence-electron chi connectivity index (χ3n) is 10.3. The van der Waals surface area contributed by atoms with Gasteiger partial charge in [-0.05, 0) is 95.7 Å². The number of thiocarbonyl (C=S) groups is 6. The van der Waals surface area contributed by atoms with Crippen LogP contribution in [0.3, 0.4) is 0 Å². The summed E-state index contributed by atoms with van der Waals surface area (Å²) >= 11 is 33.1. The molecule has 0 aliphatic heterocycles. The first-order valence-electron chi connectivity index (χ1n) is 20.5. The Morgan fingerprint density at radius 1 is 0.441 bits per heavy atom. The smallest absolute Gasteiger partial charge is 0.867 e. The van der Waals surface area contributed by atoms with Crippen LogP contribution >= 0.6 is 107 Å². The number of thiazole rings is 3. The fourth-order valence-electron chi connectivity index (χ4n) is 6.74. The minimum atomic E-state index is -1.16. The van der Waals surface area contributed by atoms with Gasteiger partial charge in [-0.25, -0.2) is 15.0 Å². The quantitative estimate of drug-likeness (QED) is 0.0468. The van der Waals surface area contributed by atoms with Gasteiger partial charge in [-0.1, -0.05) is 66.7 Å². The van der Waals surface area contributed by atoms with E-state index in [-0.39, 0.29) is 54.0 Å². The summed E-state index contributed by atoms with van der Waals surface area (Å²) in [5.74, 6) is 0. The Balaban J connectivity index is 0.000000345. The maximum atomic E-state index is 12.2. The van der Waals surface area contributed by atoms with Gasteiger partial charge in [0.05, 0.1) is 30.6 Å². The molecular formula is C45H45Al2N3O9S9. The molecule has 0 aliphatic carbocycles. The molecular weight excluding hydrogens is 1070 g/mol. The van der Waals surface area contributed by atoms with E-state index in [2.05, 4.69) is 15.0 Å². The summed E-state index contributed by atoms with van der Waals surface area (Å²) in [4.78, 5) is 13.5. The molecule has 0 saturated heterocycles. The van der Waals surface area contributed by atoms with Crippen molar-refractivity contribution >= 4 is 203 Å². The SMILES string of the molecule is CCOCCC(CC([O-])=S)(C([O-])=S)c1nc2ccccc2s1.CCOCCC(CC([O-])=S)(C([O-])=S)c1nc2ccccc2s1.CCOCCC(CC([O-])=S)(C([O-])=S)c1nc2ccccc2s1.[Al+3].[Al+3]. The molecule has 0 fully saturated rings. The van der Waals surface area contributed by atoms with Gasteiger partial charge >= 0.3 is 34.7 Å². The molecule has 3 aromatic heterocycles. The van der Waals surface area contributed by atoms with Gasteiger partial charge in [0.2, 0.25) is 0 Å². The molecule has 0 aliphatic rings. The Kier molecular flexibility index (Phi) is 27.1. The first-order chi connectivity index (χ1) is 31.5. The molecule has 3 atom stereocenters. The van der Waals surface area contributed by atoms with E-state index in [0.29, 0.717) is 73.9 Å². The van der Waals surface area contributed by atoms with Crippen LogP contribution in [0.25, 0.3) is 30.6 Å². The number of benzene rings is 3. The van der Waals surface area contributed by atoms with Crippen molar-refractivity contribution in [2.45, 2.75) is 75.5 Å². The van der Waals surface area contributed by atoms with E-state index < -0.39 is 46.5 Å². The van der Waals surface area contributed by atoms with E-state index in [4.69, 9.17) is 87.5 Å². The molecule has 6 rings (SSSR count). The van der Waals surface area contributed by atoms with Crippen LogP contribution in [-0.2, 0) is 30.5 Å². The summed E-state index contributed by atoms with van der Waals surface area (Å²) in [6.07, 6.45) is 0.592. The van der Waals surface area contributed by atoms with Crippen LogP contribution in [-0.4, -0.2) is 120 Å². The molecule has 3 heterocycles. The molecule has 0 N–H and O–H groups in total. The van der Waals surface area contributed by atoms with Crippen LogP contribution in [0.15, 0.2) is 72.8 Å². The average molecular weight is 1110 g/mol. The van der Waals surface area contributed by atoms with Crippen molar-refractivity contribution in [2.24, 2.45) is 0 Å². The van der Waals surface area contributed by atoms with Crippen LogP contribution in [0, 0.1) is 0 Å². The molecule has 23 heteroatoms. The summed E-state index contributed by atoms with van der Waals surface area (Å²) in [5, 5.41) is 69.9. The number of ether oxygens (including phenoxy) is 3. The topological polar surface area (TPSA) is 205 Å². The predicted molar refractivity (Wildman–Crippen MR) is 288 cm³/mol. The molecule has 0 spiro atoms. The molecule has 6 aromatic rings. The van der Waals surface area contributed by atoms with Crippen LogP contribution in [0.2, 0.25) is 0 Å². The Bertz CT molecular complexity index is 2250. The first kappa shape index (κ1) is 61.7. The summed E-state index contributed by atoms with van der Waals surface area (Å²) in [5.41, 5.74) is -1.11. The largest absolute Gasteiger partial charge is 3.00 e. The second-order valence-electron chi connectivity index (χ2n) is 14.6. The number of hydrogen-bond acceptors (Lipinski definition) is 21. The summed E-state index contributed by atoms with van der Waals surface area (Å²) < 4.78 is 18.9. The normalized spacial score (nSPS) is 13.5. The van der Waals surface area contributed by atoms with Gasteiger partial charge in [0.25, 0.3) is 0 Å². The maximum absolute atomic E-state index is 12.2. The Morgan fingerprint density at radius 3 is 0.868 bits per heavy atom. The number of rotatable bonds is 24. The minimum Gasteiger partial charge on any atom is -0.867 e. The monoisotopic (exact) mass is 1110 g/mol. The summed E-state index contributed by atoms with van der Waals surface area (Å²) in [6.45, 7) is 8.19. The first-order valence-corrected chi connectivity index (χ1v) is 25.4. The van der Waals surface area contributed by atoms with E-state index >= 15 is 0 Å². The third-order valence-corrected chi connectivity index (χ3v) is 15.6.